The molecule has 2 heterocycles. The van der Waals surface area contributed by atoms with Crippen LogP contribution in [0, 0.1) is 0 Å². The molecule has 1 amide bonds. The molecule has 3 aromatic rings. The van der Waals surface area contributed by atoms with Crippen LogP contribution >= 0.6 is 11.3 Å². The number of fused-ring (bicyclic) bond motifs is 1. The van der Waals surface area contributed by atoms with Crippen molar-refractivity contribution in [2.45, 2.75) is 57.3 Å². The predicted molar refractivity (Wildman–Crippen MR) is 163 cm³/mol. The van der Waals surface area contributed by atoms with Gasteiger partial charge in [-0.3, -0.25) is 9.59 Å². The van der Waals surface area contributed by atoms with Crippen LogP contribution in [0.1, 0.15) is 76.4 Å². The van der Waals surface area contributed by atoms with Crippen LogP contribution in [0.2, 0.25) is 0 Å². The summed E-state index contributed by atoms with van der Waals surface area (Å²) in [5.41, 5.74) is 6.08. The first-order chi connectivity index (χ1) is 20.4. The Morgan fingerprint density at radius 1 is 0.952 bits per heavy atom. The number of anilines is 1. The monoisotopic (exact) mass is 582 g/mol. The van der Waals surface area contributed by atoms with E-state index >= 15 is 0 Å². The molecule has 0 saturated heterocycles. The number of hydrogen-bond donors (Lipinski definition) is 2. The maximum absolute atomic E-state index is 14.2. The molecule has 8 heteroatoms. The molecule has 1 aliphatic heterocycles. The molecule has 0 bridgehead atoms. The third-order valence-corrected chi connectivity index (χ3v) is 9.79. The van der Waals surface area contributed by atoms with Gasteiger partial charge in [0.15, 0.2) is 5.78 Å². The smallest absolute Gasteiger partial charge is 0.341 e. The van der Waals surface area contributed by atoms with Crippen LogP contribution < -0.4 is 15.4 Å². The average molecular weight is 583 g/mol. The molecule has 7 nitrogen and oxygen atoms in total. The van der Waals surface area contributed by atoms with E-state index in [-0.39, 0.29) is 17.6 Å². The number of methoxy groups -OCH3 is 2. The zero-order chi connectivity index (χ0) is 29.4. The number of amides is 1. The molecule has 6 rings (SSSR count). The molecular formula is C34H34N2O5S. The number of rotatable bonds is 6. The third kappa shape index (κ3) is 5.04. The van der Waals surface area contributed by atoms with E-state index in [9.17, 15) is 14.4 Å². The van der Waals surface area contributed by atoms with Gasteiger partial charge in [-0.05, 0) is 73.8 Å². The number of benzene rings is 2. The second-order valence-corrected chi connectivity index (χ2v) is 12.2. The molecule has 0 spiro atoms. The largest absolute Gasteiger partial charge is 0.497 e. The lowest BCUT2D eigenvalue weighted by molar-refractivity contribution is -0.116. The topological polar surface area (TPSA) is 93.7 Å². The van der Waals surface area contributed by atoms with E-state index in [4.69, 9.17) is 9.47 Å². The quantitative estimate of drug-likeness (QED) is 0.326. The number of thiophene rings is 1. The fraction of sp³-hybridized carbons (Fsp3) is 0.324. The second kappa shape index (κ2) is 11.6. The number of Topliss-reactive ketones (excluding diaryl/α,β-unsaturated/α-hetero) is 1. The lowest BCUT2D eigenvalue weighted by Gasteiger charge is -2.37. The SMILES string of the molecule is COC(=O)c1c(NC(=O)C2=C(C)NC3=C(C(=O)C[C@@H](c4ccc(OC)cc4)C3)[C@H]2c2ccccc2)sc2c1CCCC2. The number of hydrogen-bond acceptors (Lipinski definition) is 7. The Bertz CT molecular complexity index is 1620. The number of nitrogens with one attached hydrogen (secondary N) is 2. The van der Waals surface area contributed by atoms with Crippen LogP contribution in [-0.2, 0) is 27.2 Å². The van der Waals surface area contributed by atoms with Crippen LogP contribution in [0.3, 0.4) is 0 Å². The Kier molecular flexibility index (Phi) is 7.73. The number of ketones is 1. The summed E-state index contributed by atoms with van der Waals surface area (Å²) in [6.07, 6.45) is 4.75. The Labute approximate surface area is 249 Å². The van der Waals surface area contributed by atoms with Crippen molar-refractivity contribution >= 4 is 34.0 Å². The molecule has 42 heavy (non-hydrogen) atoms. The summed E-state index contributed by atoms with van der Waals surface area (Å²) in [6.45, 7) is 1.89. The molecule has 2 atom stereocenters. The van der Waals surface area contributed by atoms with Gasteiger partial charge in [0.25, 0.3) is 5.91 Å². The van der Waals surface area contributed by atoms with Crippen molar-refractivity contribution in [3.05, 3.63) is 104 Å². The van der Waals surface area contributed by atoms with Crippen LogP contribution in [0.4, 0.5) is 5.00 Å². The van der Waals surface area contributed by atoms with E-state index in [1.807, 2.05) is 61.5 Å². The summed E-state index contributed by atoms with van der Waals surface area (Å²) < 4.78 is 10.4. The number of dihydropyridines is 1. The highest BCUT2D eigenvalue weighted by Crippen LogP contribution is 2.46. The fourth-order valence-electron chi connectivity index (χ4n) is 6.57. The third-order valence-electron chi connectivity index (χ3n) is 8.58. The average Bonchev–Trinajstić information content (AvgIpc) is 3.38. The van der Waals surface area contributed by atoms with Gasteiger partial charge in [0, 0.05) is 39.8 Å². The molecule has 2 aliphatic carbocycles. The van der Waals surface area contributed by atoms with Gasteiger partial charge in [-0.2, -0.15) is 0 Å². The lowest BCUT2D eigenvalue weighted by atomic mass is 9.71. The minimum absolute atomic E-state index is 0.0225. The number of carbonyl (C=O) groups is 3. The molecule has 216 valence electrons. The van der Waals surface area contributed by atoms with E-state index in [1.54, 1.807) is 7.11 Å². The van der Waals surface area contributed by atoms with Gasteiger partial charge >= 0.3 is 5.97 Å². The molecule has 0 radical (unpaired) electrons. The maximum atomic E-state index is 14.2. The van der Waals surface area contributed by atoms with Gasteiger partial charge in [0.1, 0.15) is 10.8 Å². The summed E-state index contributed by atoms with van der Waals surface area (Å²) in [5.74, 6) is -0.463. The van der Waals surface area contributed by atoms with Gasteiger partial charge in [-0.15, -0.1) is 11.3 Å². The van der Waals surface area contributed by atoms with Crippen molar-refractivity contribution in [1.29, 1.82) is 0 Å². The summed E-state index contributed by atoms with van der Waals surface area (Å²) in [6, 6.07) is 17.6. The van der Waals surface area contributed by atoms with E-state index in [0.29, 0.717) is 40.2 Å². The van der Waals surface area contributed by atoms with Crippen LogP contribution in [0.5, 0.6) is 5.75 Å². The highest BCUT2D eigenvalue weighted by atomic mass is 32.1. The second-order valence-electron chi connectivity index (χ2n) is 11.1. The fourth-order valence-corrected chi connectivity index (χ4v) is 7.85. The van der Waals surface area contributed by atoms with Gasteiger partial charge in [0.05, 0.1) is 19.8 Å². The zero-order valence-corrected chi connectivity index (χ0v) is 24.9. The van der Waals surface area contributed by atoms with E-state index in [0.717, 1.165) is 58.7 Å². The summed E-state index contributed by atoms with van der Waals surface area (Å²) in [5, 5.41) is 7.04. The highest BCUT2D eigenvalue weighted by Gasteiger charge is 2.41. The van der Waals surface area contributed by atoms with Crippen LogP contribution in [-0.4, -0.2) is 31.9 Å². The number of carbonyl (C=O) groups excluding carboxylic acids is 3. The van der Waals surface area contributed by atoms with Crippen molar-refractivity contribution in [2.75, 3.05) is 19.5 Å². The summed E-state index contributed by atoms with van der Waals surface area (Å²) >= 11 is 1.46. The van der Waals surface area contributed by atoms with Crippen molar-refractivity contribution in [3.63, 3.8) is 0 Å². The molecule has 1 aromatic heterocycles. The molecule has 2 aromatic carbocycles. The summed E-state index contributed by atoms with van der Waals surface area (Å²) in [7, 11) is 3.00. The minimum atomic E-state index is -0.525. The first kappa shape index (κ1) is 28.0. The zero-order valence-electron chi connectivity index (χ0n) is 24.0. The van der Waals surface area contributed by atoms with E-state index in [1.165, 1.54) is 18.4 Å². The lowest BCUT2D eigenvalue weighted by Crippen LogP contribution is -2.37. The minimum Gasteiger partial charge on any atom is -0.497 e. The Balaban J connectivity index is 1.37. The molecule has 3 aliphatic rings. The van der Waals surface area contributed by atoms with Gasteiger partial charge < -0.3 is 20.1 Å². The normalized spacial score (nSPS) is 19.9. The Morgan fingerprint density at radius 2 is 1.69 bits per heavy atom. The molecule has 0 saturated carbocycles. The van der Waals surface area contributed by atoms with Gasteiger partial charge in [0.2, 0.25) is 0 Å². The Morgan fingerprint density at radius 3 is 2.40 bits per heavy atom. The standard InChI is InChI=1S/C34H34N2O5S/c1-19-28(32(38)36-33-30(34(39)41-3)24-11-7-8-12-27(24)42-33)29(21-9-5-4-6-10-21)31-25(35-19)17-22(18-26(31)37)20-13-15-23(40-2)16-14-20/h4-6,9-10,13-16,22,29,35H,7-8,11-12,17-18H2,1-3H3,(H,36,38)/t22-,29-/m0/s1. The predicted octanol–water partition coefficient (Wildman–Crippen LogP) is 6.42. The molecule has 0 fully saturated rings. The maximum Gasteiger partial charge on any atom is 0.341 e. The van der Waals surface area contributed by atoms with Crippen LogP contribution in [0.15, 0.2) is 77.1 Å². The molecule has 0 unspecified atom stereocenters. The van der Waals surface area contributed by atoms with Crippen molar-refractivity contribution in [3.8, 4) is 5.75 Å². The number of ether oxygens (including phenoxy) is 2. The van der Waals surface area contributed by atoms with Crippen molar-refractivity contribution in [2.24, 2.45) is 0 Å². The van der Waals surface area contributed by atoms with Crippen LogP contribution in [0.25, 0.3) is 0 Å². The number of allylic oxidation sites excluding steroid dienone is 3. The van der Waals surface area contributed by atoms with Gasteiger partial charge in [-0.25, -0.2) is 4.79 Å². The molecule has 2 N–H and O–H groups in total. The highest BCUT2D eigenvalue weighted by molar-refractivity contribution is 7.17. The van der Waals surface area contributed by atoms with E-state index < -0.39 is 11.9 Å². The first-order valence-electron chi connectivity index (χ1n) is 14.4. The van der Waals surface area contributed by atoms with Crippen molar-refractivity contribution in [1.82, 2.24) is 5.32 Å². The Hall–Kier alpha value is -4.17. The number of esters is 1. The van der Waals surface area contributed by atoms with Gasteiger partial charge in [-0.1, -0.05) is 42.5 Å². The van der Waals surface area contributed by atoms with E-state index in [2.05, 4.69) is 10.6 Å². The molecular weight excluding hydrogens is 548 g/mol. The van der Waals surface area contributed by atoms with Crippen molar-refractivity contribution < 1.29 is 23.9 Å². The first-order valence-corrected chi connectivity index (χ1v) is 15.2. The summed E-state index contributed by atoms with van der Waals surface area (Å²) in [4.78, 5) is 42.1. The number of aryl methyl sites for hydroxylation is 1.